The van der Waals surface area contributed by atoms with Crippen LogP contribution >= 0.6 is 0 Å². The van der Waals surface area contributed by atoms with Crippen molar-refractivity contribution >= 4 is 28.9 Å². The van der Waals surface area contributed by atoms with Crippen molar-refractivity contribution in [3.8, 4) is 0 Å². The van der Waals surface area contributed by atoms with Gasteiger partial charge in [-0.2, -0.15) is 0 Å². The quantitative estimate of drug-likeness (QED) is 0.623. The standard InChI is InChI=1S/C24H24N2O4/c1-2-29-24(28)20-8-5-11-26(20)13-15-9-10-17-16(12-15)14-30-22(17)21-18-6-3-4-7-19(18)25-23(21)27/h3-4,6-7,9-10,12,20H,2,5,8,11,13-14H2,1H3,(H,25,27)/t20-/m0/s1. The Balaban J connectivity index is 1.41. The molecule has 2 aromatic carbocycles. The molecule has 0 spiro atoms. The summed E-state index contributed by atoms with van der Waals surface area (Å²) in [7, 11) is 0. The molecule has 3 heterocycles. The molecule has 1 fully saturated rings. The molecule has 2 aromatic rings. The van der Waals surface area contributed by atoms with Crippen molar-refractivity contribution in [1.29, 1.82) is 0 Å². The fourth-order valence-corrected chi connectivity index (χ4v) is 4.62. The molecule has 3 aliphatic heterocycles. The summed E-state index contributed by atoms with van der Waals surface area (Å²) in [5, 5.41) is 2.91. The molecule has 1 amide bonds. The third kappa shape index (κ3) is 3.17. The van der Waals surface area contributed by atoms with Crippen molar-refractivity contribution in [3.63, 3.8) is 0 Å². The molecule has 1 saturated heterocycles. The smallest absolute Gasteiger partial charge is 0.323 e. The zero-order valence-electron chi connectivity index (χ0n) is 16.9. The molecule has 30 heavy (non-hydrogen) atoms. The maximum absolute atomic E-state index is 12.6. The number of hydrogen-bond donors (Lipinski definition) is 1. The van der Waals surface area contributed by atoms with Crippen LogP contribution in [0.4, 0.5) is 5.69 Å². The zero-order chi connectivity index (χ0) is 20.7. The Morgan fingerprint density at radius 2 is 2.10 bits per heavy atom. The van der Waals surface area contributed by atoms with Gasteiger partial charge in [-0.25, -0.2) is 0 Å². The number of nitrogens with zero attached hydrogens (tertiary/aromatic N) is 1. The van der Waals surface area contributed by atoms with Crippen LogP contribution in [0.2, 0.25) is 0 Å². The SMILES string of the molecule is CCOC(=O)[C@@H]1CCCN1Cc1ccc2c(c1)COC2=C1C(=O)Nc2ccccc21. The minimum atomic E-state index is -0.161. The van der Waals surface area contributed by atoms with E-state index in [9.17, 15) is 9.59 Å². The number of carbonyl (C=O) groups is 2. The van der Waals surface area contributed by atoms with Crippen molar-refractivity contribution in [2.75, 3.05) is 18.5 Å². The molecule has 154 valence electrons. The molecule has 0 aromatic heterocycles. The van der Waals surface area contributed by atoms with Gasteiger partial charge in [0.15, 0.2) is 0 Å². The highest BCUT2D eigenvalue weighted by Gasteiger charge is 2.34. The van der Waals surface area contributed by atoms with Crippen LogP contribution in [0.3, 0.4) is 0 Å². The number of anilines is 1. The summed E-state index contributed by atoms with van der Waals surface area (Å²) in [6.07, 6.45) is 1.85. The Morgan fingerprint density at radius 1 is 1.23 bits per heavy atom. The maximum Gasteiger partial charge on any atom is 0.323 e. The van der Waals surface area contributed by atoms with Crippen molar-refractivity contribution in [3.05, 3.63) is 64.7 Å². The highest BCUT2D eigenvalue weighted by molar-refractivity contribution is 6.36. The van der Waals surface area contributed by atoms with Gasteiger partial charge >= 0.3 is 5.97 Å². The molecule has 0 aliphatic carbocycles. The number of para-hydroxylation sites is 1. The number of esters is 1. The lowest BCUT2D eigenvalue weighted by atomic mass is 9.99. The number of carbonyl (C=O) groups excluding carboxylic acids is 2. The van der Waals surface area contributed by atoms with Crippen LogP contribution in [0.25, 0.3) is 11.3 Å². The zero-order valence-corrected chi connectivity index (χ0v) is 16.9. The Labute approximate surface area is 175 Å². The molecule has 6 heteroatoms. The molecular formula is C24H24N2O4. The monoisotopic (exact) mass is 404 g/mol. The van der Waals surface area contributed by atoms with Crippen molar-refractivity contribution in [1.82, 2.24) is 4.90 Å². The first-order chi connectivity index (χ1) is 14.7. The number of amides is 1. The molecule has 6 nitrogen and oxygen atoms in total. The summed E-state index contributed by atoms with van der Waals surface area (Å²) in [5.74, 6) is 0.388. The van der Waals surface area contributed by atoms with Crippen molar-refractivity contribution < 1.29 is 19.1 Å². The summed E-state index contributed by atoms with van der Waals surface area (Å²) < 4.78 is 11.2. The number of hydrogen-bond acceptors (Lipinski definition) is 5. The number of likely N-dealkylation sites (tertiary alicyclic amines) is 1. The lowest BCUT2D eigenvalue weighted by molar-refractivity contribution is -0.148. The van der Waals surface area contributed by atoms with Gasteiger partial charge in [0, 0.05) is 28.9 Å². The van der Waals surface area contributed by atoms with E-state index in [0.29, 0.717) is 31.1 Å². The first kappa shape index (κ1) is 18.9. The van der Waals surface area contributed by atoms with Gasteiger partial charge in [-0.3, -0.25) is 14.5 Å². The van der Waals surface area contributed by atoms with Crippen LogP contribution in [0.1, 0.15) is 42.0 Å². The third-order valence-corrected chi connectivity index (χ3v) is 5.99. The van der Waals surface area contributed by atoms with Crippen LogP contribution in [-0.4, -0.2) is 36.0 Å². The van der Waals surface area contributed by atoms with E-state index < -0.39 is 0 Å². The molecule has 1 atom stereocenters. The molecule has 0 bridgehead atoms. The fraction of sp³-hybridized carbons (Fsp3) is 0.333. The maximum atomic E-state index is 12.6. The average molecular weight is 404 g/mol. The van der Waals surface area contributed by atoms with Gasteiger partial charge in [-0.05, 0) is 37.9 Å². The molecule has 0 radical (unpaired) electrons. The number of ether oxygens (including phenoxy) is 2. The minimum absolute atomic E-state index is 0.127. The Morgan fingerprint density at radius 3 is 2.97 bits per heavy atom. The van der Waals surface area contributed by atoms with E-state index in [4.69, 9.17) is 9.47 Å². The summed E-state index contributed by atoms with van der Waals surface area (Å²) in [5.41, 5.74) is 5.46. The van der Waals surface area contributed by atoms with Gasteiger partial charge in [0.1, 0.15) is 18.4 Å². The van der Waals surface area contributed by atoms with E-state index in [0.717, 1.165) is 47.3 Å². The molecule has 0 unspecified atom stereocenters. The van der Waals surface area contributed by atoms with E-state index >= 15 is 0 Å². The van der Waals surface area contributed by atoms with Crippen molar-refractivity contribution in [2.45, 2.75) is 39.0 Å². The van der Waals surface area contributed by atoms with Gasteiger partial charge in [0.25, 0.3) is 5.91 Å². The second-order valence-electron chi connectivity index (χ2n) is 7.86. The largest absolute Gasteiger partial charge is 0.487 e. The first-order valence-corrected chi connectivity index (χ1v) is 10.5. The van der Waals surface area contributed by atoms with Gasteiger partial charge in [0.05, 0.1) is 12.2 Å². The van der Waals surface area contributed by atoms with Crippen LogP contribution in [0, 0.1) is 0 Å². The van der Waals surface area contributed by atoms with E-state index in [1.165, 1.54) is 0 Å². The van der Waals surface area contributed by atoms with Gasteiger partial charge in [-0.15, -0.1) is 0 Å². The normalized spacial score (nSPS) is 22.4. The summed E-state index contributed by atoms with van der Waals surface area (Å²) >= 11 is 0. The topological polar surface area (TPSA) is 67.9 Å². The van der Waals surface area contributed by atoms with Crippen LogP contribution in [-0.2, 0) is 32.2 Å². The Kier molecular flexibility index (Phi) is 4.79. The second kappa shape index (κ2) is 7.61. The fourth-order valence-electron chi connectivity index (χ4n) is 4.62. The second-order valence-corrected chi connectivity index (χ2v) is 7.86. The average Bonchev–Trinajstić information content (AvgIpc) is 3.44. The summed E-state index contributed by atoms with van der Waals surface area (Å²) in [4.78, 5) is 27.0. The minimum Gasteiger partial charge on any atom is -0.487 e. The third-order valence-electron chi connectivity index (χ3n) is 5.99. The van der Waals surface area contributed by atoms with Crippen LogP contribution in [0.15, 0.2) is 42.5 Å². The molecule has 5 rings (SSSR count). The number of rotatable bonds is 4. The predicted octanol–water partition coefficient (Wildman–Crippen LogP) is 3.56. The van der Waals surface area contributed by atoms with Crippen molar-refractivity contribution in [2.24, 2.45) is 0 Å². The molecule has 0 saturated carbocycles. The first-order valence-electron chi connectivity index (χ1n) is 10.5. The van der Waals surface area contributed by atoms with Gasteiger partial charge < -0.3 is 14.8 Å². The van der Waals surface area contributed by atoms with Crippen LogP contribution in [0.5, 0.6) is 0 Å². The molecule has 1 N–H and O–H groups in total. The van der Waals surface area contributed by atoms with Crippen LogP contribution < -0.4 is 5.32 Å². The summed E-state index contributed by atoms with van der Waals surface area (Å²) in [6, 6.07) is 13.7. The van der Waals surface area contributed by atoms with Gasteiger partial charge in [-0.1, -0.05) is 36.4 Å². The Hall–Kier alpha value is -3.12. The predicted molar refractivity (Wildman–Crippen MR) is 113 cm³/mol. The van der Waals surface area contributed by atoms with E-state index in [2.05, 4.69) is 22.3 Å². The molecular weight excluding hydrogens is 380 g/mol. The highest BCUT2D eigenvalue weighted by atomic mass is 16.5. The van der Waals surface area contributed by atoms with E-state index in [1.54, 1.807) is 0 Å². The number of nitrogens with one attached hydrogen (secondary N) is 1. The number of benzene rings is 2. The lowest BCUT2D eigenvalue weighted by Gasteiger charge is -2.23. The van der Waals surface area contributed by atoms with E-state index in [-0.39, 0.29) is 17.9 Å². The lowest BCUT2D eigenvalue weighted by Crippen LogP contribution is -2.36. The summed E-state index contributed by atoms with van der Waals surface area (Å²) in [6.45, 7) is 4.29. The number of fused-ring (bicyclic) bond motifs is 2. The van der Waals surface area contributed by atoms with E-state index in [1.807, 2.05) is 37.3 Å². The van der Waals surface area contributed by atoms with Gasteiger partial charge in [0.2, 0.25) is 0 Å². The molecule has 3 aliphatic rings. The highest BCUT2D eigenvalue weighted by Crippen LogP contribution is 2.41. The Bertz CT molecular complexity index is 1060.